The standard InChI is InChI=1S/C23H20N2O3/c1-28-18-13-11-17(12-14-18)22-19-9-5-6-10-20(19)23(27)25(24-22)15-21(26)16-7-3-2-4-8-16/h2-14,21,26H,15H2,1H3. The van der Waals surface area contributed by atoms with Gasteiger partial charge in [0.2, 0.25) is 0 Å². The average molecular weight is 372 g/mol. The SMILES string of the molecule is COc1ccc(-c2nn(CC(O)c3ccccc3)c(=O)c3ccccc23)cc1. The van der Waals surface area contributed by atoms with Crippen molar-refractivity contribution in [3.63, 3.8) is 0 Å². The van der Waals surface area contributed by atoms with Gasteiger partial charge in [-0.1, -0.05) is 48.5 Å². The Hall–Kier alpha value is -3.44. The van der Waals surface area contributed by atoms with E-state index < -0.39 is 6.10 Å². The van der Waals surface area contributed by atoms with Gasteiger partial charge in [-0.25, -0.2) is 4.68 Å². The summed E-state index contributed by atoms with van der Waals surface area (Å²) in [6.07, 6.45) is -0.823. The molecule has 0 radical (unpaired) electrons. The van der Waals surface area contributed by atoms with Crippen LogP contribution in [0, 0.1) is 0 Å². The van der Waals surface area contributed by atoms with Crippen LogP contribution in [0.25, 0.3) is 22.0 Å². The fraction of sp³-hybridized carbons (Fsp3) is 0.130. The van der Waals surface area contributed by atoms with Crippen LogP contribution in [-0.4, -0.2) is 22.0 Å². The van der Waals surface area contributed by atoms with Gasteiger partial charge in [0.15, 0.2) is 0 Å². The van der Waals surface area contributed by atoms with E-state index in [1.807, 2.05) is 72.8 Å². The Balaban J connectivity index is 1.83. The topological polar surface area (TPSA) is 64.3 Å². The van der Waals surface area contributed by atoms with Gasteiger partial charge in [-0.2, -0.15) is 5.10 Å². The molecule has 1 atom stereocenters. The molecule has 0 spiro atoms. The maximum Gasteiger partial charge on any atom is 0.274 e. The Morgan fingerprint density at radius 3 is 2.25 bits per heavy atom. The minimum absolute atomic E-state index is 0.0802. The lowest BCUT2D eigenvalue weighted by Gasteiger charge is -2.15. The number of rotatable bonds is 5. The molecule has 28 heavy (non-hydrogen) atoms. The first kappa shape index (κ1) is 17.9. The molecule has 1 aromatic heterocycles. The minimum atomic E-state index is -0.823. The molecule has 4 rings (SSSR count). The molecule has 1 N–H and O–H groups in total. The van der Waals surface area contributed by atoms with Gasteiger partial charge in [-0.3, -0.25) is 4.79 Å². The van der Waals surface area contributed by atoms with Crippen LogP contribution in [0.15, 0.2) is 83.7 Å². The number of hydrogen-bond acceptors (Lipinski definition) is 4. The van der Waals surface area contributed by atoms with E-state index >= 15 is 0 Å². The summed E-state index contributed by atoms with van der Waals surface area (Å²) >= 11 is 0. The Bertz CT molecular complexity index is 1150. The predicted octanol–water partition coefficient (Wildman–Crippen LogP) is 3.81. The maximum absolute atomic E-state index is 12.9. The molecule has 5 nitrogen and oxygen atoms in total. The van der Waals surface area contributed by atoms with Gasteiger partial charge >= 0.3 is 0 Å². The number of hydrogen-bond donors (Lipinski definition) is 1. The fourth-order valence-electron chi connectivity index (χ4n) is 3.27. The second kappa shape index (κ2) is 7.66. The summed E-state index contributed by atoms with van der Waals surface area (Å²) in [5.74, 6) is 0.751. The van der Waals surface area contributed by atoms with E-state index in [-0.39, 0.29) is 12.1 Å². The first-order chi connectivity index (χ1) is 13.7. The Morgan fingerprint density at radius 1 is 0.929 bits per heavy atom. The molecule has 1 heterocycles. The lowest BCUT2D eigenvalue weighted by molar-refractivity contribution is 0.150. The average Bonchev–Trinajstić information content (AvgIpc) is 2.76. The van der Waals surface area contributed by atoms with Crippen LogP contribution in [-0.2, 0) is 6.54 Å². The molecule has 0 aliphatic rings. The number of aliphatic hydroxyl groups is 1. The van der Waals surface area contributed by atoms with Crippen LogP contribution in [0.4, 0.5) is 0 Å². The molecule has 140 valence electrons. The van der Waals surface area contributed by atoms with Gasteiger partial charge in [0.05, 0.1) is 30.8 Å². The van der Waals surface area contributed by atoms with Crippen molar-refractivity contribution in [2.75, 3.05) is 7.11 Å². The van der Waals surface area contributed by atoms with Crippen molar-refractivity contribution in [1.29, 1.82) is 0 Å². The highest BCUT2D eigenvalue weighted by atomic mass is 16.5. The first-order valence-electron chi connectivity index (χ1n) is 9.04. The Kier molecular flexibility index (Phi) is 4.91. The van der Waals surface area contributed by atoms with E-state index in [1.54, 1.807) is 13.2 Å². The molecule has 5 heteroatoms. The zero-order chi connectivity index (χ0) is 19.5. The smallest absolute Gasteiger partial charge is 0.274 e. The van der Waals surface area contributed by atoms with Crippen LogP contribution in [0.2, 0.25) is 0 Å². The summed E-state index contributed by atoms with van der Waals surface area (Å²) in [5.41, 5.74) is 2.09. The molecule has 1 unspecified atom stereocenters. The highest BCUT2D eigenvalue weighted by molar-refractivity contribution is 5.93. The van der Waals surface area contributed by atoms with E-state index in [0.717, 1.165) is 22.3 Å². The number of ether oxygens (including phenoxy) is 1. The third kappa shape index (κ3) is 3.40. The molecule has 0 saturated carbocycles. The summed E-state index contributed by atoms with van der Waals surface area (Å²) in [6.45, 7) is 0.0802. The van der Waals surface area contributed by atoms with E-state index in [9.17, 15) is 9.90 Å². The lowest BCUT2D eigenvalue weighted by Crippen LogP contribution is -2.26. The van der Waals surface area contributed by atoms with Gasteiger partial charge in [0, 0.05) is 10.9 Å². The van der Waals surface area contributed by atoms with Crippen LogP contribution < -0.4 is 10.3 Å². The quantitative estimate of drug-likeness (QED) is 0.579. The van der Waals surface area contributed by atoms with Crippen LogP contribution >= 0.6 is 0 Å². The van der Waals surface area contributed by atoms with Crippen molar-refractivity contribution in [2.45, 2.75) is 12.6 Å². The van der Waals surface area contributed by atoms with Crippen LogP contribution in [0.5, 0.6) is 5.75 Å². The molecule has 0 saturated heterocycles. The van der Waals surface area contributed by atoms with Gasteiger partial charge in [-0.05, 0) is 35.9 Å². The van der Waals surface area contributed by atoms with Crippen molar-refractivity contribution in [1.82, 2.24) is 9.78 Å². The molecule has 0 amide bonds. The maximum atomic E-state index is 12.9. The molecule has 0 fully saturated rings. The minimum Gasteiger partial charge on any atom is -0.497 e. The van der Waals surface area contributed by atoms with Crippen molar-refractivity contribution >= 4 is 10.8 Å². The zero-order valence-corrected chi connectivity index (χ0v) is 15.4. The number of nitrogens with zero attached hydrogens (tertiary/aromatic N) is 2. The molecular weight excluding hydrogens is 352 g/mol. The van der Waals surface area contributed by atoms with Gasteiger partial charge in [0.1, 0.15) is 5.75 Å². The predicted molar refractivity (Wildman–Crippen MR) is 109 cm³/mol. The molecule has 4 aromatic rings. The van der Waals surface area contributed by atoms with Crippen LogP contribution in [0.3, 0.4) is 0 Å². The Labute approximate surface area is 162 Å². The van der Waals surface area contributed by atoms with Crippen molar-refractivity contribution < 1.29 is 9.84 Å². The molecule has 3 aromatic carbocycles. The Morgan fingerprint density at radius 2 is 1.57 bits per heavy atom. The molecule has 0 aliphatic heterocycles. The highest BCUT2D eigenvalue weighted by Crippen LogP contribution is 2.26. The van der Waals surface area contributed by atoms with Crippen molar-refractivity contribution in [3.05, 3.63) is 94.8 Å². The van der Waals surface area contributed by atoms with Crippen molar-refractivity contribution in [2.24, 2.45) is 0 Å². The molecule has 0 bridgehead atoms. The number of aromatic nitrogens is 2. The third-order valence-electron chi connectivity index (χ3n) is 4.76. The molecule has 0 aliphatic carbocycles. The molecular formula is C23H20N2O3. The zero-order valence-electron chi connectivity index (χ0n) is 15.4. The second-order valence-electron chi connectivity index (χ2n) is 6.54. The van der Waals surface area contributed by atoms with E-state index in [2.05, 4.69) is 5.10 Å². The van der Waals surface area contributed by atoms with Gasteiger partial charge in [-0.15, -0.1) is 0 Å². The van der Waals surface area contributed by atoms with E-state index in [4.69, 9.17) is 4.74 Å². The van der Waals surface area contributed by atoms with Crippen molar-refractivity contribution in [3.8, 4) is 17.0 Å². The van der Waals surface area contributed by atoms with E-state index in [0.29, 0.717) is 11.1 Å². The number of fused-ring (bicyclic) bond motifs is 1. The normalized spacial score (nSPS) is 12.1. The van der Waals surface area contributed by atoms with Gasteiger partial charge < -0.3 is 9.84 Å². The number of aliphatic hydroxyl groups excluding tert-OH is 1. The summed E-state index contributed by atoms with van der Waals surface area (Å²) in [7, 11) is 1.62. The third-order valence-corrected chi connectivity index (χ3v) is 4.76. The summed E-state index contributed by atoms with van der Waals surface area (Å²) in [4.78, 5) is 12.9. The van der Waals surface area contributed by atoms with Crippen LogP contribution in [0.1, 0.15) is 11.7 Å². The lowest BCUT2D eigenvalue weighted by atomic mass is 10.0. The summed E-state index contributed by atoms with van der Waals surface area (Å²) in [5, 5.41) is 16.5. The monoisotopic (exact) mass is 372 g/mol. The van der Waals surface area contributed by atoms with E-state index in [1.165, 1.54) is 4.68 Å². The first-order valence-corrected chi connectivity index (χ1v) is 9.04. The number of methoxy groups -OCH3 is 1. The fourth-order valence-corrected chi connectivity index (χ4v) is 3.27. The van der Waals surface area contributed by atoms with Gasteiger partial charge in [0.25, 0.3) is 5.56 Å². The number of benzene rings is 3. The summed E-state index contributed by atoms with van der Waals surface area (Å²) in [6, 6.07) is 24.2. The second-order valence-corrected chi connectivity index (χ2v) is 6.54. The summed E-state index contributed by atoms with van der Waals surface area (Å²) < 4.78 is 6.58. The largest absolute Gasteiger partial charge is 0.497 e. The highest BCUT2D eigenvalue weighted by Gasteiger charge is 2.15.